The standard InChI is InChI=1S/C33H40BF2N2O9P/c1-21-26(34-45-32(4,5)33(6,7)46-34)18-24(35)19-28(21)38-29(39)25-14-13-23(17-27(25)36)31(2,3)47-48(41,42)44-16-15-37-30(40)43-20-22-11-9-8-10-12-22/h8-14,17-19H,15-16,20H2,1-7H3,(H,37,40)(H,38,39)(H,41,42). The first-order chi connectivity index (χ1) is 22.3. The van der Waals surface area contributed by atoms with Crippen LogP contribution in [0.1, 0.15) is 68.6 Å². The summed E-state index contributed by atoms with van der Waals surface area (Å²) in [7, 11) is -5.57. The molecule has 11 nitrogen and oxygen atoms in total. The Labute approximate surface area is 279 Å². The smallest absolute Gasteiger partial charge is 0.445 e. The fourth-order valence-electron chi connectivity index (χ4n) is 4.76. The lowest BCUT2D eigenvalue weighted by molar-refractivity contribution is 0.00578. The van der Waals surface area contributed by atoms with Gasteiger partial charge in [0.2, 0.25) is 0 Å². The molecule has 1 unspecified atom stereocenters. The Balaban J connectivity index is 1.35. The van der Waals surface area contributed by atoms with Gasteiger partial charge in [0.15, 0.2) is 0 Å². The Kier molecular flexibility index (Phi) is 11.2. The normalized spacial score (nSPS) is 16.7. The summed E-state index contributed by atoms with van der Waals surface area (Å²) in [4.78, 5) is 35.3. The molecule has 48 heavy (non-hydrogen) atoms. The van der Waals surface area contributed by atoms with Crippen LogP contribution in [-0.4, -0.2) is 48.4 Å². The number of amides is 2. The van der Waals surface area contributed by atoms with Gasteiger partial charge >= 0.3 is 21.0 Å². The van der Waals surface area contributed by atoms with E-state index < -0.39 is 55.4 Å². The second-order valence-electron chi connectivity index (χ2n) is 12.8. The molecular formula is C33H40BF2N2O9P. The average molecular weight is 688 g/mol. The second kappa shape index (κ2) is 14.5. The van der Waals surface area contributed by atoms with E-state index in [1.165, 1.54) is 32.0 Å². The largest absolute Gasteiger partial charge is 0.495 e. The maximum atomic E-state index is 15.3. The van der Waals surface area contributed by atoms with Crippen molar-refractivity contribution >= 4 is 38.1 Å². The number of nitrogens with one attached hydrogen (secondary N) is 2. The van der Waals surface area contributed by atoms with Crippen LogP contribution in [0.15, 0.2) is 60.7 Å². The Morgan fingerprint density at radius 3 is 2.27 bits per heavy atom. The summed E-state index contributed by atoms with van der Waals surface area (Å²) in [6.45, 7) is 11.5. The third-order valence-electron chi connectivity index (χ3n) is 8.26. The number of phosphoric acid groups is 1. The van der Waals surface area contributed by atoms with Crippen molar-refractivity contribution < 1.29 is 50.9 Å². The number of hydrogen-bond donors (Lipinski definition) is 3. The Morgan fingerprint density at radius 2 is 1.65 bits per heavy atom. The molecule has 3 N–H and O–H groups in total. The van der Waals surface area contributed by atoms with E-state index in [2.05, 4.69) is 10.6 Å². The molecule has 1 saturated heterocycles. The summed E-state index contributed by atoms with van der Waals surface area (Å²) in [5.41, 5.74) is -1.36. The Hall–Kier alpha value is -3.65. The van der Waals surface area contributed by atoms with E-state index in [0.29, 0.717) is 11.0 Å². The van der Waals surface area contributed by atoms with Gasteiger partial charge in [0.25, 0.3) is 5.91 Å². The van der Waals surface area contributed by atoms with E-state index in [4.69, 9.17) is 23.1 Å². The maximum Gasteiger partial charge on any atom is 0.495 e. The van der Waals surface area contributed by atoms with Gasteiger partial charge in [-0.1, -0.05) is 36.4 Å². The Morgan fingerprint density at radius 1 is 1.00 bits per heavy atom. The zero-order chi connectivity index (χ0) is 35.5. The van der Waals surface area contributed by atoms with Crippen LogP contribution in [0.2, 0.25) is 0 Å². The second-order valence-corrected chi connectivity index (χ2v) is 14.2. The molecule has 4 rings (SSSR count). The Bertz CT molecular complexity index is 1690. The minimum absolute atomic E-state index is 0.0498. The van der Waals surface area contributed by atoms with Gasteiger partial charge < -0.3 is 29.6 Å². The topological polar surface area (TPSA) is 142 Å². The maximum absolute atomic E-state index is 15.3. The summed E-state index contributed by atoms with van der Waals surface area (Å²) in [6.07, 6.45) is -0.742. The van der Waals surface area contributed by atoms with E-state index >= 15 is 4.39 Å². The average Bonchev–Trinajstić information content (AvgIpc) is 3.21. The minimum atomic E-state index is -4.69. The lowest BCUT2D eigenvalue weighted by Crippen LogP contribution is -2.41. The first-order valence-corrected chi connectivity index (χ1v) is 16.7. The van der Waals surface area contributed by atoms with E-state index in [1.54, 1.807) is 31.2 Å². The number of rotatable bonds is 12. The lowest BCUT2D eigenvalue weighted by Gasteiger charge is -2.32. The van der Waals surface area contributed by atoms with Gasteiger partial charge in [-0.3, -0.25) is 13.8 Å². The van der Waals surface area contributed by atoms with Crippen LogP contribution in [0, 0.1) is 18.6 Å². The van der Waals surface area contributed by atoms with Crippen molar-refractivity contribution in [1.29, 1.82) is 0 Å². The summed E-state index contributed by atoms with van der Waals surface area (Å²) in [5, 5.41) is 4.96. The van der Waals surface area contributed by atoms with Gasteiger partial charge in [-0.2, -0.15) is 0 Å². The van der Waals surface area contributed by atoms with Crippen molar-refractivity contribution in [3.8, 4) is 0 Å². The van der Waals surface area contributed by atoms with Crippen molar-refractivity contribution in [2.45, 2.75) is 71.9 Å². The molecule has 3 aromatic rings. The molecule has 1 atom stereocenters. The van der Waals surface area contributed by atoms with Gasteiger partial charge in [0, 0.05) is 12.2 Å². The number of hydrogen-bond acceptors (Lipinski definition) is 8. The number of benzene rings is 3. The van der Waals surface area contributed by atoms with E-state index in [-0.39, 0.29) is 36.6 Å². The van der Waals surface area contributed by atoms with E-state index in [1.807, 2.05) is 33.8 Å². The molecule has 258 valence electrons. The van der Waals surface area contributed by atoms with Gasteiger partial charge in [0.05, 0.1) is 29.0 Å². The summed E-state index contributed by atoms with van der Waals surface area (Å²) < 4.78 is 70.0. The molecule has 2 amide bonds. The monoisotopic (exact) mass is 688 g/mol. The van der Waals surface area contributed by atoms with Crippen molar-refractivity contribution in [1.82, 2.24) is 5.32 Å². The lowest BCUT2D eigenvalue weighted by atomic mass is 9.75. The van der Waals surface area contributed by atoms with Crippen molar-refractivity contribution in [3.63, 3.8) is 0 Å². The van der Waals surface area contributed by atoms with Crippen molar-refractivity contribution in [2.75, 3.05) is 18.5 Å². The highest BCUT2D eigenvalue weighted by molar-refractivity contribution is 7.47. The summed E-state index contributed by atoms with van der Waals surface area (Å²) in [5.74, 6) is -2.45. The molecule has 0 aromatic heterocycles. The van der Waals surface area contributed by atoms with Gasteiger partial charge in [-0.05, 0) is 94.9 Å². The SMILES string of the molecule is Cc1c(NC(=O)c2ccc(C(C)(C)OP(=O)(O)OCCNC(=O)OCc3ccccc3)cc2F)cc(F)cc1B1OC(C)(C)C(C)(C)O1. The number of anilines is 1. The molecule has 1 aliphatic heterocycles. The summed E-state index contributed by atoms with van der Waals surface area (Å²) >= 11 is 0. The first kappa shape index (κ1) is 37.2. The summed E-state index contributed by atoms with van der Waals surface area (Å²) in [6, 6.07) is 14.9. The highest BCUT2D eigenvalue weighted by Crippen LogP contribution is 2.50. The third-order valence-corrected chi connectivity index (χ3v) is 9.46. The van der Waals surface area contributed by atoms with E-state index in [9.17, 15) is 23.4 Å². The predicted molar refractivity (Wildman–Crippen MR) is 176 cm³/mol. The van der Waals surface area contributed by atoms with Crippen LogP contribution in [0.4, 0.5) is 19.3 Å². The zero-order valence-electron chi connectivity index (χ0n) is 27.9. The van der Waals surface area contributed by atoms with E-state index in [0.717, 1.165) is 17.7 Å². The fourth-order valence-corrected chi connectivity index (χ4v) is 5.82. The molecule has 0 saturated carbocycles. The molecule has 3 aromatic carbocycles. The number of ether oxygens (including phenoxy) is 1. The van der Waals surface area contributed by atoms with Crippen LogP contribution in [-0.2, 0) is 39.9 Å². The zero-order valence-corrected chi connectivity index (χ0v) is 28.8. The number of carbonyl (C=O) groups excluding carboxylic acids is 2. The highest BCUT2D eigenvalue weighted by Gasteiger charge is 2.52. The molecule has 1 aliphatic rings. The number of carbonyl (C=O) groups is 2. The first-order valence-electron chi connectivity index (χ1n) is 15.2. The molecule has 1 heterocycles. The van der Waals surface area contributed by atoms with Gasteiger partial charge in [-0.25, -0.2) is 18.1 Å². The number of halogens is 2. The van der Waals surface area contributed by atoms with Crippen LogP contribution in [0.3, 0.4) is 0 Å². The van der Waals surface area contributed by atoms with Crippen LogP contribution < -0.4 is 16.1 Å². The van der Waals surface area contributed by atoms with Gasteiger partial charge in [0.1, 0.15) is 18.2 Å². The minimum Gasteiger partial charge on any atom is -0.445 e. The van der Waals surface area contributed by atoms with Gasteiger partial charge in [-0.15, -0.1) is 0 Å². The molecule has 0 radical (unpaired) electrons. The van der Waals surface area contributed by atoms with Crippen LogP contribution in [0.5, 0.6) is 0 Å². The molecule has 0 spiro atoms. The molecule has 0 bridgehead atoms. The van der Waals surface area contributed by atoms with Crippen LogP contribution >= 0.6 is 7.82 Å². The quantitative estimate of drug-likeness (QED) is 0.117. The molecule has 15 heteroatoms. The fraction of sp³-hybridized carbons (Fsp3) is 0.394. The third kappa shape index (κ3) is 9.07. The van der Waals surface area contributed by atoms with Crippen LogP contribution in [0.25, 0.3) is 0 Å². The number of phosphoric ester groups is 1. The molecule has 0 aliphatic carbocycles. The molecular weight excluding hydrogens is 648 g/mol. The van der Waals surface area contributed by atoms with Crippen molar-refractivity contribution in [2.24, 2.45) is 0 Å². The molecule has 1 fully saturated rings. The highest BCUT2D eigenvalue weighted by atomic mass is 31.2. The number of alkyl carbamates (subject to hydrolysis) is 1. The van der Waals surface area contributed by atoms with Crippen molar-refractivity contribution in [3.05, 3.63) is 94.6 Å². The predicted octanol–water partition coefficient (Wildman–Crippen LogP) is 6.12.